The molecule has 0 spiro atoms. The van der Waals surface area contributed by atoms with Crippen LogP contribution >= 0.6 is 0 Å². The van der Waals surface area contributed by atoms with E-state index in [4.69, 9.17) is 0 Å². The highest BCUT2D eigenvalue weighted by molar-refractivity contribution is 5.26. The second-order valence-electron chi connectivity index (χ2n) is 5.86. The average molecular weight is 265 g/mol. The number of hydrogen-bond acceptors (Lipinski definition) is 2. The first-order valence-electron chi connectivity index (χ1n) is 7.17. The van der Waals surface area contributed by atoms with Crippen LogP contribution in [-0.4, -0.2) is 29.7 Å². The maximum atomic E-state index is 13.1. The molecular weight excluding hydrogens is 241 g/mol. The van der Waals surface area contributed by atoms with Crippen LogP contribution in [0.2, 0.25) is 0 Å². The number of rotatable bonds is 4. The quantitative estimate of drug-likeness (QED) is 0.904. The van der Waals surface area contributed by atoms with Crippen LogP contribution in [0.15, 0.2) is 18.2 Å². The molecule has 0 aliphatic carbocycles. The molecule has 1 aliphatic rings. The van der Waals surface area contributed by atoms with Gasteiger partial charge >= 0.3 is 0 Å². The zero-order valence-electron chi connectivity index (χ0n) is 12.0. The minimum atomic E-state index is -0.162. The lowest BCUT2D eigenvalue weighted by Crippen LogP contribution is -2.41. The zero-order valence-corrected chi connectivity index (χ0v) is 12.0. The molecule has 0 atom stereocenters. The number of aliphatic hydroxyl groups is 1. The summed E-state index contributed by atoms with van der Waals surface area (Å²) in [7, 11) is 0. The maximum absolute atomic E-state index is 13.1. The van der Waals surface area contributed by atoms with Crippen molar-refractivity contribution in [2.24, 2.45) is 5.41 Å². The number of piperidine rings is 1. The lowest BCUT2D eigenvalue weighted by atomic mass is 9.77. The zero-order chi connectivity index (χ0) is 13.9. The Balaban J connectivity index is 1.95. The molecule has 1 heterocycles. The fourth-order valence-corrected chi connectivity index (χ4v) is 2.89. The van der Waals surface area contributed by atoms with Gasteiger partial charge in [-0.15, -0.1) is 0 Å². The average Bonchev–Trinajstić information content (AvgIpc) is 2.43. The number of nitrogens with zero attached hydrogens (tertiary/aromatic N) is 1. The Labute approximate surface area is 115 Å². The van der Waals surface area contributed by atoms with Crippen LogP contribution in [0.5, 0.6) is 0 Å². The Kier molecular flexibility index (Phi) is 4.58. The third-order valence-electron chi connectivity index (χ3n) is 4.70. The van der Waals surface area contributed by atoms with Crippen LogP contribution in [0.1, 0.15) is 37.3 Å². The third-order valence-corrected chi connectivity index (χ3v) is 4.70. The molecule has 0 radical (unpaired) electrons. The van der Waals surface area contributed by atoms with Crippen molar-refractivity contribution in [3.05, 3.63) is 35.1 Å². The molecule has 0 saturated carbocycles. The van der Waals surface area contributed by atoms with Crippen LogP contribution in [0.3, 0.4) is 0 Å². The van der Waals surface area contributed by atoms with Crippen molar-refractivity contribution < 1.29 is 9.50 Å². The number of likely N-dealkylation sites (tertiary alicyclic amines) is 1. The summed E-state index contributed by atoms with van der Waals surface area (Å²) in [5.41, 5.74) is 2.36. The third kappa shape index (κ3) is 3.34. The van der Waals surface area contributed by atoms with Crippen molar-refractivity contribution in [1.29, 1.82) is 0 Å². The Hall–Kier alpha value is -0.930. The molecule has 1 N–H and O–H groups in total. The highest BCUT2D eigenvalue weighted by Crippen LogP contribution is 2.34. The van der Waals surface area contributed by atoms with Crippen molar-refractivity contribution in [3.8, 4) is 0 Å². The van der Waals surface area contributed by atoms with Gasteiger partial charge in [0.05, 0.1) is 0 Å². The van der Waals surface area contributed by atoms with E-state index in [1.54, 1.807) is 6.07 Å². The minimum absolute atomic E-state index is 0.133. The van der Waals surface area contributed by atoms with Gasteiger partial charge in [-0.25, -0.2) is 4.39 Å². The molecule has 2 nitrogen and oxygen atoms in total. The molecule has 1 aromatic rings. The van der Waals surface area contributed by atoms with E-state index in [0.717, 1.165) is 44.5 Å². The first-order valence-corrected chi connectivity index (χ1v) is 7.17. The van der Waals surface area contributed by atoms with Crippen LogP contribution in [-0.2, 0) is 6.54 Å². The summed E-state index contributed by atoms with van der Waals surface area (Å²) in [4.78, 5) is 2.41. The maximum Gasteiger partial charge on any atom is 0.123 e. The van der Waals surface area contributed by atoms with E-state index in [2.05, 4.69) is 11.8 Å². The molecule has 0 unspecified atom stereocenters. The molecule has 1 saturated heterocycles. The molecule has 0 bridgehead atoms. The van der Waals surface area contributed by atoms with Gasteiger partial charge in [-0.05, 0) is 68.0 Å². The molecule has 106 valence electrons. The normalized spacial score (nSPS) is 19.6. The Morgan fingerprint density at radius 2 is 2.00 bits per heavy atom. The van der Waals surface area contributed by atoms with E-state index in [1.807, 2.05) is 13.0 Å². The highest BCUT2D eigenvalue weighted by Gasteiger charge is 2.32. The first kappa shape index (κ1) is 14.5. The largest absolute Gasteiger partial charge is 0.396 e. The molecule has 1 fully saturated rings. The fourth-order valence-electron chi connectivity index (χ4n) is 2.89. The van der Waals surface area contributed by atoms with Crippen LogP contribution in [0, 0.1) is 18.2 Å². The number of halogens is 1. The van der Waals surface area contributed by atoms with Crippen molar-refractivity contribution >= 4 is 0 Å². The second-order valence-corrected chi connectivity index (χ2v) is 5.86. The molecular formula is C16H24FNO. The lowest BCUT2D eigenvalue weighted by Gasteiger charge is -2.40. The van der Waals surface area contributed by atoms with Crippen LogP contribution in [0.4, 0.5) is 4.39 Å². The molecule has 1 aromatic carbocycles. The predicted molar refractivity (Wildman–Crippen MR) is 75.5 cm³/mol. The van der Waals surface area contributed by atoms with Gasteiger partial charge in [0.15, 0.2) is 0 Å². The number of aliphatic hydroxyl groups excluding tert-OH is 1. The van der Waals surface area contributed by atoms with Crippen LogP contribution < -0.4 is 0 Å². The van der Waals surface area contributed by atoms with E-state index in [0.29, 0.717) is 6.61 Å². The number of aryl methyl sites for hydroxylation is 1. The minimum Gasteiger partial charge on any atom is -0.396 e. The van der Waals surface area contributed by atoms with Gasteiger partial charge < -0.3 is 5.11 Å². The van der Waals surface area contributed by atoms with Gasteiger partial charge in [0.1, 0.15) is 5.82 Å². The molecule has 1 aliphatic heterocycles. The van der Waals surface area contributed by atoms with E-state index < -0.39 is 0 Å². The monoisotopic (exact) mass is 265 g/mol. The summed E-state index contributed by atoms with van der Waals surface area (Å²) in [5, 5.41) is 9.53. The summed E-state index contributed by atoms with van der Waals surface area (Å²) in [6.45, 7) is 7.35. The van der Waals surface area contributed by atoms with Gasteiger partial charge in [0.25, 0.3) is 0 Å². The second kappa shape index (κ2) is 6.02. The summed E-state index contributed by atoms with van der Waals surface area (Å²) in [5.74, 6) is -0.162. The lowest BCUT2D eigenvalue weighted by molar-refractivity contribution is 0.0382. The van der Waals surface area contributed by atoms with Gasteiger partial charge in [0, 0.05) is 13.2 Å². The molecule has 3 heteroatoms. The van der Waals surface area contributed by atoms with Gasteiger partial charge in [-0.1, -0.05) is 13.0 Å². The van der Waals surface area contributed by atoms with Gasteiger partial charge in [-0.2, -0.15) is 0 Å². The van der Waals surface area contributed by atoms with Crippen molar-refractivity contribution in [1.82, 2.24) is 4.90 Å². The van der Waals surface area contributed by atoms with Gasteiger partial charge in [0.2, 0.25) is 0 Å². The first-order chi connectivity index (χ1) is 9.08. The van der Waals surface area contributed by atoms with E-state index >= 15 is 0 Å². The SMILES string of the molecule is CCC1(CO)CCN(Cc2ccc(F)cc2C)CC1. The topological polar surface area (TPSA) is 23.5 Å². The van der Waals surface area contributed by atoms with Crippen LogP contribution in [0.25, 0.3) is 0 Å². The Morgan fingerprint density at radius 1 is 1.32 bits per heavy atom. The molecule has 0 aromatic heterocycles. The summed E-state index contributed by atoms with van der Waals surface area (Å²) in [6, 6.07) is 5.03. The predicted octanol–water partition coefficient (Wildman–Crippen LogP) is 3.12. The van der Waals surface area contributed by atoms with E-state index in [9.17, 15) is 9.50 Å². The van der Waals surface area contributed by atoms with Crippen molar-refractivity contribution in [2.45, 2.75) is 39.7 Å². The van der Waals surface area contributed by atoms with Crippen molar-refractivity contribution in [3.63, 3.8) is 0 Å². The highest BCUT2D eigenvalue weighted by atomic mass is 19.1. The fraction of sp³-hybridized carbons (Fsp3) is 0.625. The molecule has 0 amide bonds. The molecule has 2 rings (SSSR count). The van der Waals surface area contributed by atoms with Crippen molar-refractivity contribution in [2.75, 3.05) is 19.7 Å². The summed E-state index contributed by atoms with van der Waals surface area (Å²) < 4.78 is 13.1. The molecule has 19 heavy (non-hydrogen) atoms. The Morgan fingerprint density at radius 3 is 2.53 bits per heavy atom. The van der Waals surface area contributed by atoms with E-state index in [1.165, 1.54) is 11.6 Å². The smallest absolute Gasteiger partial charge is 0.123 e. The van der Waals surface area contributed by atoms with Gasteiger partial charge in [-0.3, -0.25) is 4.90 Å². The summed E-state index contributed by atoms with van der Waals surface area (Å²) >= 11 is 0. The Bertz CT molecular complexity index is 419. The number of hydrogen-bond donors (Lipinski definition) is 1. The summed E-state index contributed by atoms with van der Waals surface area (Å²) in [6.07, 6.45) is 3.16. The number of benzene rings is 1. The van der Waals surface area contributed by atoms with E-state index in [-0.39, 0.29) is 11.2 Å². The standard InChI is InChI=1S/C16H24FNO/c1-3-16(12-19)6-8-18(9-7-16)11-14-4-5-15(17)10-13(14)2/h4-5,10,19H,3,6-9,11-12H2,1-2H3.